The molecule has 4 unspecified atom stereocenters. The predicted octanol–water partition coefficient (Wildman–Crippen LogP) is -0.116. The van der Waals surface area contributed by atoms with Crippen LogP contribution in [-0.2, 0) is 14.3 Å². The average molecular weight is 140 g/mol. The summed E-state index contributed by atoms with van der Waals surface area (Å²) >= 11 is 0. The minimum absolute atomic E-state index is 0.108. The van der Waals surface area contributed by atoms with Crippen molar-refractivity contribution in [3.05, 3.63) is 0 Å². The van der Waals surface area contributed by atoms with Crippen LogP contribution in [0.5, 0.6) is 0 Å². The van der Waals surface area contributed by atoms with Gasteiger partial charge < -0.3 is 9.47 Å². The SMILES string of the molecule is O=C1CC2OC(C1)C1OC21. The molecule has 3 aliphatic heterocycles. The second-order valence-corrected chi connectivity index (χ2v) is 3.23. The minimum atomic E-state index is 0.108. The van der Waals surface area contributed by atoms with E-state index in [9.17, 15) is 4.79 Å². The fourth-order valence-corrected chi connectivity index (χ4v) is 1.97. The first-order valence-electron chi connectivity index (χ1n) is 3.67. The molecular weight excluding hydrogens is 132 g/mol. The van der Waals surface area contributed by atoms with Gasteiger partial charge in [-0.2, -0.15) is 0 Å². The lowest BCUT2D eigenvalue weighted by Crippen LogP contribution is -2.30. The number of ketones is 1. The average Bonchev–Trinajstić information content (AvgIpc) is 2.59. The van der Waals surface area contributed by atoms with Crippen LogP contribution in [0.1, 0.15) is 12.8 Å². The number of rotatable bonds is 0. The predicted molar refractivity (Wildman–Crippen MR) is 31.6 cm³/mol. The zero-order valence-electron chi connectivity index (χ0n) is 5.45. The zero-order chi connectivity index (χ0) is 6.72. The van der Waals surface area contributed by atoms with Crippen molar-refractivity contribution in [1.82, 2.24) is 0 Å². The summed E-state index contributed by atoms with van der Waals surface area (Å²) in [7, 11) is 0. The molecule has 0 amide bonds. The number of hydrogen-bond donors (Lipinski definition) is 0. The van der Waals surface area contributed by atoms with Crippen molar-refractivity contribution in [1.29, 1.82) is 0 Å². The molecular formula is C7H8O3. The molecule has 3 aliphatic rings. The minimum Gasteiger partial charge on any atom is -0.368 e. The maximum absolute atomic E-state index is 11.0. The third-order valence-electron chi connectivity index (χ3n) is 2.50. The highest BCUT2D eigenvalue weighted by Crippen LogP contribution is 2.44. The summed E-state index contributed by atoms with van der Waals surface area (Å²) in [6, 6.07) is 0. The largest absolute Gasteiger partial charge is 0.368 e. The molecule has 0 saturated carbocycles. The number of hydrogen-bond acceptors (Lipinski definition) is 3. The van der Waals surface area contributed by atoms with Gasteiger partial charge in [0, 0.05) is 12.8 Å². The molecule has 0 aromatic heterocycles. The van der Waals surface area contributed by atoms with Gasteiger partial charge in [-0.05, 0) is 0 Å². The second kappa shape index (κ2) is 1.43. The highest BCUT2D eigenvalue weighted by Gasteiger charge is 2.60. The molecule has 3 saturated heterocycles. The summed E-state index contributed by atoms with van der Waals surface area (Å²) in [6.07, 6.45) is 1.93. The molecule has 3 nitrogen and oxygen atoms in total. The Morgan fingerprint density at radius 1 is 1.10 bits per heavy atom. The number of epoxide rings is 1. The van der Waals surface area contributed by atoms with Crippen molar-refractivity contribution in [3.8, 4) is 0 Å². The van der Waals surface area contributed by atoms with Gasteiger partial charge in [0.25, 0.3) is 0 Å². The van der Waals surface area contributed by atoms with Gasteiger partial charge in [0.2, 0.25) is 0 Å². The van der Waals surface area contributed by atoms with Crippen LogP contribution in [0.15, 0.2) is 0 Å². The highest BCUT2D eigenvalue weighted by molar-refractivity contribution is 5.81. The first-order valence-corrected chi connectivity index (χ1v) is 3.67. The normalized spacial score (nSPS) is 56.6. The number of ether oxygens (including phenoxy) is 2. The van der Waals surface area contributed by atoms with E-state index in [1.807, 2.05) is 0 Å². The van der Waals surface area contributed by atoms with E-state index in [0.717, 1.165) is 0 Å². The molecule has 0 aromatic carbocycles. The van der Waals surface area contributed by atoms with Crippen LogP contribution in [-0.4, -0.2) is 30.2 Å². The Morgan fingerprint density at radius 2 is 1.70 bits per heavy atom. The summed E-state index contributed by atoms with van der Waals surface area (Å²) in [5.74, 6) is 0.344. The van der Waals surface area contributed by atoms with Gasteiger partial charge >= 0.3 is 0 Å². The summed E-state index contributed by atoms with van der Waals surface area (Å²) in [6.45, 7) is 0. The van der Waals surface area contributed by atoms with Crippen molar-refractivity contribution < 1.29 is 14.3 Å². The van der Waals surface area contributed by atoms with Gasteiger partial charge in [-0.1, -0.05) is 0 Å². The Bertz CT molecular complexity index is 183. The van der Waals surface area contributed by atoms with Crippen LogP contribution in [0.2, 0.25) is 0 Å². The van der Waals surface area contributed by atoms with E-state index in [4.69, 9.17) is 9.47 Å². The van der Waals surface area contributed by atoms with Crippen LogP contribution in [0.4, 0.5) is 0 Å². The molecule has 0 aromatic rings. The second-order valence-electron chi connectivity index (χ2n) is 3.23. The monoisotopic (exact) mass is 140 g/mol. The third-order valence-corrected chi connectivity index (χ3v) is 2.50. The molecule has 0 radical (unpaired) electrons. The molecule has 3 fully saturated rings. The quantitative estimate of drug-likeness (QED) is 0.440. The molecule has 3 heteroatoms. The lowest BCUT2D eigenvalue weighted by atomic mass is 10.1. The van der Waals surface area contributed by atoms with Crippen molar-refractivity contribution in [2.24, 2.45) is 0 Å². The fraction of sp³-hybridized carbons (Fsp3) is 0.857. The Balaban J connectivity index is 1.93. The van der Waals surface area contributed by atoms with Crippen molar-refractivity contribution in [2.75, 3.05) is 0 Å². The van der Waals surface area contributed by atoms with Gasteiger partial charge in [0.05, 0.1) is 12.2 Å². The fourth-order valence-electron chi connectivity index (χ4n) is 1.97. The maximum atomic E-state index is 11.0. The van der Waals surface area contributed by atoms with Crippen LogP contribution in [0, 0.1) is 0 Å². The van der Waals surface area contributed by atoms with E-state index in [2.05, 4.69) is 0 Å². The summed E-state index contributed by atoms with van der Waals surface area (Å²) in [4.78, 5) is 11.0. The highest BCUT2D eigenvalue weighted by atomic mass is 16.7. The molecule has 4 atom stereocenters. The smallest absolute Gasteiger partial charge is 0.138 e. The summed E-state index contributed by atoms with van der Waals surface area (Å²) in [5.41, 5.74) is 0. The lowest BCUT2D eigenvalue weighted by Gasteiger charge is -2.21. The van der Waals surface area contributed by atoms with Crippen molar-refractivity contribution in [3.63, 3.8) is 0 Å². The van der Waals surface area contributed by atoms with Crippen molar-refractivity contribution in [2.45, 2.75) is 37.3 Å². The number of carbonyl (C=O) groups is 1. The van der Waals surface area contributed by atoms with Crippen LogP contribution in [0.3, 0.4) is 0 Å². The van der Waals surface area contributed by atoms with E-state index in [-0.39, 0.29) is 24.4 Å². The van der Waals surface area contributed by atoms with Crippen molar-refractivity contribution >= 4 is 5.78 Å². The lowest BCUT2D eigenvalue weighted by molar-refractivity contribution is -0.136. The zero-order valence-corrected chi connectivity index (χ0v) is 5.45. The molecule has 3 heterocycles. The molecule has 0 N–H and O–H groups in total. The number of fused-ring (bicyclic) bond motifs is 5. The maximum Gasteiger partial charge on any atom is 0.138 e. The third kappa shape index (κ3) is 0.503. The van der Waals surface area contributed by atoms with E-state index in [0.29, 0.717) is 18.6 Å². The molecule has 0 aliphatic carbocycles. The molecule has 2 bridgehead atoms. The van der Waals surface area contributed by atoms with Gasteiger partial charge in [-0.3, -0.25) is 4.79 Å². The van der Waals surface area contributed by atoms with Gasteiger partial charge in [0.15, 0.2) is 0 Å². The molecule has 54 valence electrons. The summed E-state index contributed by atoms with van der Waals surface area (Å²) in [5, 5.41) is 0. The Hall–Kier alpha value is -0.410. The summed E-state index contributed by atoms with van der Waals surface area (Å²) < 4.78 is 10.8. The number of Topliss-reactive ketones (excluding diaryl/α,β-unsaturated/α-hetero) is 1. The first kappa shape index (κ1) is 5.27. The Morgan fingerprint density at radius 3 is 2.30 bits per heavy atom. The first-order chi connectivity index (χ1) is 4.84. The van der Waals surface area contributed by atoms with Crippen LogP contribution < -0.4 is 0 Å². The van der Waals surface area contributed by atoms with E-state index in [1.165, 1.54) is 0 Å². The standard InChI is InChI=1S/C7H8O3/c8-3-1-4-6-7(10-6)5(2-3)9-4/h4-7H,1-2H2. The van der Waals surface area contributed by atoms with E-state index < -0.39 is 0 Å². The molecule has 3 rings (SSSR count). The Labute approximate surface area is 58.3 Å². The van der Waals surface area contributed by atoms with Gasteiger partial charge in [0.1, 0.15) is 18.0 Å². The topological polar surface area (TPSA) is 38.8 Å². The Kier molecular flexibility index (Phi) is 0.754. The number of carbonyl (C=O) groups excluding carboxylic acids is 1. The van der Waals surface area contributed by atoms with E-state index >= 15 is 0 Å². The van der Waals surface area contributed by atoms with Gasteiger partial charge in [-0.25, -0.2) is 0 Å². The van der Waals surface area contributed by atoms with Crippen LogP contribution in [0.25, 0.3) is 0 Å². The van der Waals surface area contributed by atoms with Crippen LogP contribution >= 0.6 is 0 Å². The molecule has 10 heavy (non-hydrogen) atoms. The molecule has 0 spiro atoms. The van der Waals surface area contributed by atoms with Gasteiger partial charge in [-0.15, -0.1) is 0 Å². The van der Waals surface area contributed by atoms with E-state index in [1.54, 1.807) is 0 Å².